The Morgan fingerprint density at radius 2 is 1.57 bits per heavy atom. The second kappa shape index (κ2) is 14.8. The summed E-state index contributed by atoms with van der Waals surface area (Å²) in [5.41, 5.74) is 2.87. The number of likely N-dealkylation sites (tertiary alicyclic amines) is 1. The van der Waals surface area contributed by atoms with Crippen molar-refractivity contribution in [3.05, 3.63) is 71.8 Å². The summed E-state index contributed by atoms with van der Waals surface area (Å²) in [6.45, 7) is 9.18. The lowest BCUT2D eigenvalue weighted by molar-refractivity contribution is -0.134. The molecule has 0 unspecified atom stereocenters. The number of carboxylic acids is 2. The Labute approximate surface area is 234 Å². The molecule has 2 saturated heterocycles. The number of benzene rings is 2. The number of hydrogen-bond acceptors (Lipinski definition) is 7. The molecule has 0 spiro atoms. The number of nitrogens with zero attached hydrogens (tertiary/aromatic N) is 3. The number of para-hydroxylation sites is 2. The molecule has 4 rings (SSSR count). The van der Waals surface area contributed by atoms with Crippen LogP contribution in [0.1, 0.15) is 49.0 Å². The summed E-state index contributed by atoms with van der Waals surface area (Å²) in [6, 6.07) is 16.0. The molecule has 0 bridgehead atoms. The molecule has 2 aliphatic heterocycles. The first-order chi connectivity index (χ1) is 19.1. The lowest BCUT2D eigenvalue weighted by atomic mass is 10.1. The molecule has 10 heteroatoms. The third-order valence-electron chi connectivity index (χ3n) is 6.46. The van der Waals surface area contributed by atoms with Crippen LogP contribution >= 0.6 is 0 Å². The van der Waals surface area contributed by atoms with E-state index in [1.165, 1.54) is 4.90 Å². The van der Waals surface area contributed by atoms with Crippen LogP contribution in [0.5, 0.6) is 5.75 Å². The van der Waals surface area contributed by atoms with Crippen molar-refractivity contribution < 1.29 is 34.1 Å². The molecule has 10 nitrogen and oxygen atoms in total. The van der Waals surface area contributed by atoms with Crippen molar-refractivity contribution >= 4 is 29.4 Å². The van der Waals surface area contributed by atoms with Crippen LogP contribution in [0, 0.1) is 0 Å². The molecule has 0 aromatic heterocycles. The minimum atomic E-state index is -1.26. The van der Waals surface area contributed by atoms with Gasteiger partial charge < -0.3 is 19.8 Å². The summed E-state index contributed by atoms with van der Waals surface area (Å²) in [5.74, 6) is -1.79. The maximum Gasteiger partial charge on any atom is 0.328 e. The number of aliphatic carboxylic acids is 2. The molecule has 0 aliphatic carbocycles. The molecule has 2 fully saturated rings. The van der Waals surface area contributed by atoms with Gasteiger partial charge in [-0.1, -0.05) is 24.3 Å². The Morgan fingerprint density at radius 1 is 0.900 bits per heavy atom. The average Bonchev–Trinajstić information content (AvgIpc) is 2.93. The average molecular weight is 552 g/mol. The SMILES string of the molecule is CC(C)Oc1ccccc1N1CCN(Cc2cccc(C(=O)N3CCCCC3=O)c2)CC1.O=C(O)C=CC(=O)O. The largest absolute Gasteiger partial charge is 0.489 e. The van der Waals surface area contributed by atoms with Crippen LogP contribution in [0.3, 0.4) is 0 Å². The van der Waals surface area contributed by atoms with Crippen molar-refractivity contribution in [2.75, 3.05) is 37.6 Å². The number of hydrogen-bond donors (Lipinski definition) is 2. The van der Waals surface area contributed by atoms with Crippen LogP contribution < -0.4 is 9.64 Å². The summed E-state index contributed by atoms with van der Waals surface area (Å²) in [5, 5.41) is 15.6. The molecular weight excluding hydrogens is 514 g/mol. The number of carbonyl (C=O) groups is 4. The molecule has 0 atom stereocenters. The third kappa shape index (κ3) is 9.23. The first-order valence-corrected chi connectivity index (χ1v) is 13.4. The number of carbonyl (C=O) groups excluding carboxylic acids is 2. The van der Waals surface area contributed by atoms with E-state index in [1.54, 1.807) is 0 Å². The number of imide groups is 1. The number of rotatable bonds is 8. The van der Waals surface area contributed by atoms with Crippen molar-refractivity contribution in [2.24, 2.45) is 0 Å². The van der Waals surface area contributed by atoms with Crippen LogP contribution in [0.4, 0.5) is 5.69 Å². The number of piperidine rings is 1. The summed E-state index contributed by atoms with van der Waals surface area (Å²) >= 11 is 0. The van der Waals surface area contributed by atoms with Gasteiger partial charge in [-0.15, -0.1) is 0 Å². The number of ether oxygens (including phenoxy) is 1. The molecule has 40 heavy (non-hydrogen) atoms. The zero-order chi connectivity index (χ0) is 29.1. The molecular formula is C30H37N3O7. The minimum absolute atomic E-state index is 0.0514. The smallest absolute Gasteiger partial charge is 0.328 e. The Bertz CT molecular complexity index is 1200. The van der Waals surface area contributed by atoms with Crippen molar-refractivity contribution in [1.82, 2.24) is 9.80 Å². The fourth-order valence-electron chi connectivity index (χ4n) is 4.60. The number of carboxylic acid groups (broad SMARTS) is 2. The highest BCUT2D eigenvalue weighted by atomic mass is 16.5. The van der Waals surface area contributed by atoms with E-state index >= 15 is 0 Å². The first kappa shape index (κ1) is 30.4. The van der Waals surface area contributed by atoms with E-state index in [1.807, 2.05) is 30.3 Å². The van der Waals surface area contributed by atoms with Gasteiger partial charge in [0.25, 0.3) is 5.91 Å². The summed E-state index contributed by atoms with van der Waals surface area (Å²) in [6.07, 6.45) is 3.51. The fraction of sp³-hybridized carbons (Fsp3) is 0.400. The zero-order valence-corrected chi connectivity index (χ0v) is 23.0. The Hall–Kier alpha value is -4.18. The van der Waals surface area contributed by atoms with Gasteiger partial charge in [0.1, 0.15) is 5.75 Å². The van der Waals surface area contributed by atoms with Gasteiger partial charge in [-0.25, -0.2) is 9.59 Å². The summed E-state index contributed by atoms with van der Waals surface area (Å²) in [4.78, 5) is 50.3. The third-order valence-corrected chi connectivity index (χ3v) is 6.46. The van der Waals surface area contributed by atoms with E-state index in [4.69, 9.17) is 14.9 Å². The fourth-order valence-corrected chi connectivity index (χ4v) is 4.60. The predicted molar refractivity (Wildman–Crippen MR) is 150 cm³/mol. The highest BCUT2D eigenvalue weighted by Crippen LogP contribution is 2.30. The van der Waals surface area contributed by atoms with Gasteiger partial charge in [-0.3, -0.25) is 19.4 Å². The normalized spacial score (nSPS) is 16.0. The van der Waals surface area contributed by atoms with Gasteiger partial charge in [0.15, 0.2) is 0 Å². The van der Waals surface area contributed by atoms with Crippen molar-refractivity contribution in [2.45, 2.75) is 45.8 Å². The maximum absolute atomic E-state index is 12.8. The number of piperazine rings is 1. The van der Waals surface area contributed by atoms with Crippen molar-refractivity contribution in [3.8, 4) is 5.75 Å². The van der Waals surface area contributed by atoms with Gasteiger partial charge in [-0.2, -0.15) is 0 Å². The monoisotopic (exact) mass is 551 g/mol. The predicted octanol–water partition coefficient (Wildman–Crippen LogP) is 3.66. The van der Waals surface area contributed by atoms with Crippen molar-refractivity contribution in [3.63, 3.8) is 0 Å². The van der Waals surface area contributed by atoms with E-state index in [-0.39, 0.29) is 17.9 Å². The van der Waals surface area contributed by atoms with Crippen molar-refractivity contribution in [1.29, 1.82) is 0 Å². The van der Waals surface area contributed by atoms with E-state index in [9.17, 15) is 19.2 Å². The topological polar surface area (TPSA) is 128 Å². The van der Waals surface area contributed by atoms with E-state index in [2.05, 4.69) is 41.8 Å². The molecule has 0 radical (unpaired) electrons. The highest BCUT2D eigenvalue weighted by molar-refractivity contribution is 6.05. The van der Waals surface area contributed by atoms with Gasteiger partial charge in [0, 0.05) is 63.4 Å². The highest BCUT2D eigenvalue weighted by Gasteiger charge is 2.26. The van der Waals surface area contributed by atoms with Crippen LogP contribution in [0.2, 0.25) is 0 Å². The second-order valence-corrected chi connectivity index (χ2v) is 9.92. The van der Waals surface area contributed by atoms with E-state index in [0.29, 0.717) is 30.7 Å². The van der Waals surface area contributed by atoms with Crippen LogP contribution in [-0.4, -0.2) is 82.6 Å². The lowest BCUT2D eigenvalue weighted by Gasteiger charge is -2.37. The van der Waals surface area contributed by atoms with Crippen LogP contribution in [0.15, 0.2) is 60.7 Å². The Morgan fingerprint density at radius 3 is 2.20 bits per heavy atom. The molecule has 0 saturated carbocycles. The number of amides is 2. The first-order valence-electron chi connectivity index (χ1n) is 13.4. The summed E-state index contributed by atoms with van der Waals surface area (Å²) in [7, 11) is 0. The van der Waals surface area contributed by atoms with E-state index in [0.717, 1.165) is 62.6 Å². The van der Waals surface area contributed by atoms with Gasteiger partial charge in [-0.05, 0) is 56.5 Å². The van der Waals surface area contributed by atoms with E-state index < -0.39 is 11.9 Å². The molecule has 2 aromatic carbocycles. The standard InChI is InChI=1S/C26H33N3O3.C4H4O4/c1-20(2)32-24-11-4-3-10-23(24)28-16-14-27(15-17-28)19-21-8-7-9-22(18-21)26(31)29-13-6-5-12-25(29)30;5-3(6)1-2-4(7)8/h3-4,7-11,18,20H,5-6,12-17,19H2,1-2H3;1-2H,(H,5,6)(H,7,8). The Kier molecular flexibility index (Phi) is 11.3. The second-order valence-electron chi connectivity index (χ2n) is 9.92. The molecule has 2 heterocycles. The molecule has 2 N–H and O–H groups in total. The molecule has 2 aliphatic rings. The van der Waals surface area contributed by atoms with Crippen LogP contribution in [-0.2, 0) is 20.9 Å². The lowest BCUT2D eigenvalue weighted by Crippen LogP contribution is -2.46. The molecule has 214 valence electrons. The maximum atomic E-state index is 12.8. The van der Waals surface area contributed by atoms with Crippen LogP contribution in [0.25, 0.3) is 0 Å². The minimum Gasteiger partial charge on any atom is -0.489 e. The summed E-state index contributed by atoms with van der Waals surface area (Å²) < 4.78 is 6.00. The Balaban J connectivity index is 0.000000482. The van der Waals surface area contributed by atoms with Gasteiger partial charge in [0.05, 0.1) is 11.8 Å². The molecule has 2 aromatic rings. The number of anilines is 1. The molecule has 2 amide bonds. The quantitative estimate of drug-likeness (QED) is 0.373. The van der Waals surface area contributed by atoms with Gasteiger partial charge in [0.2, 0.25) is 5.91 Å². The van der Waals surface area contributed by atoms with Gasteiger partial charge >= 0.3 is 11.9 Å². The zero-order valence-electron chi connectivity index (χ0n) is 23.0.